The summed E-state index contributed by atoms with van der Waals surface area (Å²) < 4.78 is 13.5. The van der Waals surface area contributed by atoms with Gasteiger partial charge in [0.25, 0.3) is 5.91 Å². The highest BCUT2D eigenvalue weighted by Gasteiger charge is 2.27. The topological polar surface area (TPSA) is 46.3 Å². The standard InChI is InChI=1S/C17H17FN2O/c1-11-6-12-4-2-3-5-16(12)20(10-11)17(21)13-7-14(18)9-15(19)8-13/h2-5,7-9,11H,6,10,19H2,1H3. The van der Waals surface area contributed by atoms with Crippen LogP contribution in [0.3, 0.4) is 0 Å². The number of halogens is 1. The van der Waals surface area contributed by atoms with Crippen LogP contribution < -0.4 is 10.6 Å². The minimum Gasteiger partial charge on any atom is -0.399 e. The Morgan fingerprint density at radius 3 is 2.81 bits per heavy atom. The lowest BCUT2D eigenvalue weighted by molar-refractivity contribution is 0.0980. The summed E-state index contributed by atoms with van der Waals surface area (Å²) in [6.07, 6.45) is 0.950. The van der Waals surface area contributed by atoms with Crippen molar-refractivity contribution in [3.8, 4) is 0 Å². The van der Waals surface area contributed by atoms with Crippen LogP contribution in [0.15, 0.2) is 42.5 Å². The molecule has 0 saturated heterocycles. The molecule has 1 aliphatic heterocycles. The number of anilines is 2. The second-order valence-electron chi connectivity index (χ2n) is 5.63. The van der Waals surface area contributed by atoms with E-state index in [0.717, 1.165) is 17.7 Å². The lowest BCUT2D eigenvalue weighted by Crippen LogP contribution is -2.39. The van der Waals surface area contributed by atoms with Gasteiger partial charge in [-0.1, -0.05) is 25.1 Å². The molecule has 4 heteroatoms. The highest BCUT2D eigenvalue weighted by molar-refractivity contribution is 6.07. The van der Waals surface area contributed by atoms with Crippen molar-refractivity contribution in [2.75, 3.05) is 17.2 Å². The normalized spacial score (nSPS) is 17.4. The molecule has 0 aromatic heterocycles. The maximum Gasteiger partial charge on any atom is 0.258 e. The molecule has 2 aromatic carbocycles. The second kappa shape index (κ2) is 5.20. The molecular formula is C17H17FN2O. The average Bonchev–Trinajstić information content (AvgIpc) is 2.44. The van der Waals surface area contributed by atoms with Crippen LogP contribution in [-0.2, 0) is 6.42 Å². The Labute approximate surface area is 123 Å². The number of carbonyl (C=O) groups excluding carboxylic acids is 1. The first-order valence-corrected chi connectivity index (χ1v) is 7.00. The zero-order valence-corrected chi connectivity index (χ0v) is 11.8. The van der Waals surface area contributed by atoms with Gasteiger partial charge in [0.1, 0.15) is 5.82 Å². The maximum atomic E-state index is 13.5. The first-order valence-electron chi connectivity index (χ1n) is 7.00. The SMILES string of the molecule is CC1Cc2ccccc2N(C(=O)c2cc(N)cc(F)c2)C1. The Bertz CT molecular complexity index is 679. The van der Waals surface area contributed by atoms with Crippen molar-refractivity contribution in [3.63, 3.8) is 0 Å². The number of amides is 1. The number of rotatable bonds is 1. The molecule has 2 N–H and O–H groups in total. The van der Waals surface area contributed by atoms with Gasteiger partial charge in [0, 0.05) is 23.5 Å². The highest BCUT2D eigenvalue weighted by atomic mass is 19.1. The highest BCUT2D eigenvalue weighted by Crippen LogP contribution is 2.30. The number of para-hydroxylation sites is 1. The summed E-state index contributed by atoms with van der Waals surface area (Å²) >= 11 is 0. The molecule has 3 nitrogen and oxygen atoms in total. The van der Waals surface area contributed by atoms with E-state index in [2.05, 4.69) is 6.92 Å². The van der Waals surface area contributed by atoms with Gasteiger partial charge in [-0.05, 0) is 42.2 Å². The van der Waals surface area contributed by atoms with Crippen LogP contribution in [0.2, 0.25) is 0 Å². The Morgan fingerprint density at radius 2 is 2.05 bits per heavy atom. The van der Waals surface area contributed by atoms with E-state index in [1.54, 1.807) is 4.90 Å². The fourth-order valence-corrected chi connectivity index (χ4v) is 2.88. The molecule has 0 fully saturated rings. The van der Waals surface area contributed by atoms with Crippen molar-refractivity contribution in [1.82, 2.24) is 0 Å². The Morgan fingerprint density at radius 1 is 1.29 bits per heavy atom. The van der Waals surface area contributed by atoms with E-state index in [4.69, 9.17) is 5.73 Å². The van der Waals surface area contributed by atoms with E-state index in [9.17, 15) is 9.18 Å². The minimum atomic E-state index is -0.489. The molecular weight excluding hydrogens is 267 g/mol. The van der Waals surface area contributed by atoms with Crippen molar-refractivity contribution in [3.05, 3.63) is 59.4 Å². The van der Waals surface area contributed by atoms with E-state index in [-0.39, 0.29) is 17.2 Å². The van der Waals surface area contributed by atoms with E-state index in [0.29, 0.717) is 12.5 Å². The van der Waals surface area contributed by atoms with Crippen LogP contribution in [0.5, 0.6) is 0 Å². The Balaban J connectivity index is 2.02. The fourth-order valence-electron chi connectivity index (χ4n) is 2.88. The van der Waals surface area contributed by atoms with E-state index in [1.165, 1.54) is 18.2 Å². The third kappa shape index (κ3) is 2.61. The number of nitrogens with two attached hydrogens (primary N) is 1. The zero-order chi connectivity index (χ0) is 15.0. The van der Waals surface area contributed by atoms with Crippen molar-refractivity contribution in [1.29, 1.82) is 0 Å². The number of hydrogen-bond donors (Lipinski definition) is 1. The van der Waals surface area contributed by atoms with Gasteiger partial charge in [-0.15, -0.1) is 0 Å². The van der Waals surface area contributed by atoms with Gasteiger partial charge in [-0.3, -0.25) is 4.79 Å². The molecule has 1 heterocycles. The van der Waals surface area contributed by atoms with E-state index >= 15 is 0 Å². The molecule has 0 saturated carbocycles. The van der Waals surface area contributed by atoms with Gasteiger partial charge in [-0.25, -0.2) is 4.39 Å². The van der Waals surface area contributed by atoms with Gasteiger partial charge in [0.2, 0.25) is 0 Å². The molecule has 2 aromatic rings. The lowest BCUT2D eigenvalue weighted by atomic mass is 9.93. The van der Waals surface area contributed by atoms with Gasteiger partial charge in [-0.2, -0.15) is 0 Å². The average molecular weight is 284 g/mol. The molecule has 1 amide bonds. The Kier molecular flexibility index (Phi) is 3.37. The molecule has 1 unspecified atom stereocenters. The molecule has 0 aliphatic carbocycles. The molecule has 1 atom stereocenters. The number of fused-ring (bicyclic) bond motifs is 1. The number of carbonyl (C=O) groups is 1. The van der Waals surface area contributed by atoms with Crippen LogP contribution in [0.25, 0.3) is 0 Å². The van der Waals surface area contributed by atoms with Crippen LogP contribution in [0.1, 0.15) is 22.8 Å². The molecule has 1 aliphatic rings. The van der Waals surface area contributed by atoms with Crippen LogP contribution in [0, 0.1) is 11.7 Å². The predicted molar refractivity (Wildman–Crippen MR) is 81.8 cm³/mol. The van der Waals surface area contributed by atoms with Crippen molar-refractivity contribution in [2.24, 2.45) is 5.92 Å². The first kappa shape index (κ1) is 13.6. The Hall–Kier alpha value is -2.36. The monoisotopic (exact) mass is 284 g/mol. The lowest BCUT2D eigenvalue weighted by Gasteiger charge is -2.33. The number of hydrogen-bond acceptors (Lipinski definition) is 2. The quantitative estimate of drug-likeness (QED) is 0.817. The van der Waals surface area contributed by atoms with Crippen molar-refractivity contribution >= 4 is 17.3 Å². The second-order valence-corrected chi connectivity index (χ2v) is 5.63. The molecule has 0 radical (unpaired) electrons. The summed E-state index contributed by atoms with van der Waals surface area (Å²) in [5, 5.41) is 0. The van der Waals surface area contributed by atoms with Crippen LogP contribution in [-0.4, -0.2) is 12.5 Å². The fraction of sp³-hybridized carbons (Fsp3) is 0.235. The van der Waals surface area contributed by atoms with Gasteiger partial charge in [0.05, 0.1) is 0 Å². The summed E-state index contributed by atoms with van der Waals surface area (Å²) in [7, 11) is 0. The maximum absolute atomic E-state index is 13.5. The summed E-state index contributed by atoms with van der Waals surface area (Å²) in [6.45, 7) is 2.74. The number of nitrogen functional groups attached to an aromatic ring is 1. The molecule has 21 heavy (non-hydrogen) atoms. The molecule has 0 spiro atoms. The third-order valence-corrected chi connectivity index (χ3v) is 3.76. The van der Waals surface area contributed by atoms with Crippen molar-refractivity contribution in [2.45, 2.75) is 13.3 Å². The van der Waals surface area contributed by atoms with Crippen LogP contribution >= 0.6 is 0 Å². The predicted octanol–water partition coefficient (Wildman–Crippen LogP) is 3.25. The molecule has 0 bridgehead atoms. The zero-order valence-electron chi connectivity index (χ0n) is 11.8. The summed E-state index contributed by atoms with van der Waals surface area (Å²) in [4.78, 5) is 14.4. The smallest absolute Gasteiger partial charge is 0.258 e. The van der Waals surface area contributed by atoms with Gasteiger partial charge < -0.3 is 10.6 Å². The van der Waals surface area contributed by atoms with Crippen LogP contribution in [0.4, 0.5) is 15.8 Å². The summed E-state index contributed by atoms with van der Waals surface area (Å²) in [6, 6.07) is 11.8. The molecule has 108 valence electrons. The molecule has 3 rings (SSSR count). The van der Waals surface area contributed by atoms with Gasteiger partial charge in [0.15, 0.2) is 0 Å². The summed E-state index contributed by atoms with van der Waals surface area (Å²) in [5.41, 5.74) is 8.24. The first-order chi connectivity index (χ1) is 10.0. The number of benzene rings is 2. The third-order valence-electron chi connectivity index (χ3n) is 3.76. The number of nitrogens with zero attached hydrogens (tertiary/aromatic N) is 1. The van der Waals surface area contributed by atoms with E-state index < -0.39 is 5.82 Å². The minimum absolute atomic E-state index is 0.208. The largest absolute Gasteiger partial charge is 0.399 e. The summed E-state index contributed by atoms with van der Waals surface area (Å²) in [5.74, 6) is -0.327. The van der Waals surface area contributed by atoms with Gasteiger partial charge >= 0.3 is 0 Å². The van der Waals surface area contributed by atoms with Crippen molar-refractivity contribution < 1.29 is 9.18 Å². The van der Waals surface area contributed by atoms with E-state index in [1.807, 2.05) is 24.3 Å².